The Morgan fingerprint density at radius 3 is 2.66 bits per heavy atom. The third-order valence-electron chi connectivity index (χ3n) is 12.1. The van der Waals surface area contributed by atoms with E-state index >= 15 is 17.6 Å². The van der Waals surface area contributed by atoms with Crippen molar-refractivity contribution in [3.8, 4) is 23.2 Å². The number of hydrogen-bond acceptors (Lipinski definition) is 9. The largest absolute Gasteiger partial charge is 0.461 e. The van der Waals surface area contributed by atoms with Crippen molar-refractivity contribution in [2.75, 3.05) is 43.9 Å². The van der Waals surface area contributed by atoms with Crippen LogP contribution in [0.5, 0.6) is 6.01 Å². The van der Waals surface area contributed by atoms with Crippen LogP contribution < -0.4 is 15.4 Å². The molecule has 0 spiro atoms. The highest BCUT2D eigenvalue weighted by Crippen LogP contribution is 2.49. The van der Waals surface area contributed by atoms with Crippen molar-refractivity contribution in [2.45, 2.75) is 81.8 Å². The molecule has 2 N–H and O–H groups in total. The van der Waals surface area contributed by atoms with Crippen LogP contribution in [0, 0.1) is 28.9 Å². The number of alkyl halides is 4. The highest BCUT2D eigenvalue weighted by Gasteiger charge is 2.51. The average molecular weight is 758 g/mol. The Morgan fingerprint density at radius 2 is 1.96 bits per heavy atom. The van der Waals surface area contributed by atoms with E-state index in [1.54, 1.807) is 16.8 Å². The fourth-order valence-corrected chi connectivity index (χ4v) is 9.74. The summed E-state index contributed by atoms with van der Waals surface area (Å²) in [5, 5.41) is 9.26. The molecule has 0 bridgehead atoms. The van der Waals surface area contributed by atoms with E-state index in [4.69, 9.17) is 10.5 Å². The Balaban J connectivity index is 1.33. The summed E-state index contributed by atoms with van der Waals surface area (Å²) < 4.78 is 98.3. The van der Waals surface area contributed by atoms with Gasteiger partial charge in [-0.15, -0.1) is 11.3 Å². The lowest BCUT2D eigenvalue weighted by Crippen LogP contribution is -2.53. The van der Waals surface area contributed by atoms with Crippen molar-refractivity contribution in [3.05, 3.63) is 41.0 Å². The summed E-state index contributed by atoms with van der Waals surface area (Å²) in [5.74, 6) is -2.26. The molecule has 9 nitrogen and oxygen atoms in total. The number of benzene rings is 2. The van der Waals surface area contributed by atoms with Crippen LogP contribution in [-0.4, -0.2) is 82.3 Å². The van der Waals surface area contributed by atoms with Crippen molar-refractivity contribution in [1.82, 2.24) is 19.8 Å². The number of anilines is 2. The molecule has 4 aliphatic rings. The lowest BCUT2D eigenvalue weighted by atomic mass is 9.90. The number of thiophene rings is 1. The van der Waals surface area contributed by atoms with Crippen LogP contribution in [0.4, 0.5) is 37.2 Å². The van der Waals surface area contributed by atoms with Gasteiger partial charge in [-0.25, -0.2) is 13.2 Å². The number of nitriles is 1. The summed E-state index contributed by atoms with van der Waals surface area (Å²) in [6, 6.07) is 3.83. The number of rotatable bonds is 7. The number of ether oxygens (including phenoxy) is 1. The maximum Gasteiger partial charge on any atom is 0.417 e. The molecular formula is C37H37F6N7O2S. The van der Waals surface area contributed by atoms with Crippen molar-refractivity contribution in [3.63, 3.8) is 0 Å². The van der Waals surface area contributed by atoms with Gasteiger partial charge in [0.05, 0.1) is 32.9 Å². The fraction of sp³-hybridized carbons (Fsp3) is 0.514. The number of nitrogens with zero attached hydrogens (tertiary/aromatic N) is 6. The van der Waals surface area contributed by atoms with E-state index in [1.807, 2.05) is 24.8 Å². The first-order valence-electron chi connectivity index (χ1n) is 17.7. The van der Waals surface area contributed by atoms with Gasteiger partial charge in [0.25, 0.3) is 0 Å². The molecule has 2 aromatic carbocycles. The summed E-state index contributed by atoms with van der Waals surface area (Å²) in [5.41, 5.74) is 1.07. The first-order valence-corrected chi connectivity index (χ1v) is 18.5. The van der Waals surface area contributed by atoms with Gasteiger partial charge < -0.3 is 20.3 Å². The van der Waals surface area contributed by atoms with Crippen LogP contribution in [0.1, 0.15) is 63.5 Å². The number of carbonyl (C=O) groups excluding carboxylic acids is 1. The maximum absolute atomic E-state index is 17.3. The first kappa shape index (κ1) is 35.7. The molecule has 280 valence electrons. The molecule has 1 aliphatic carbocycles. The minimum atomic E-state index is -5.13. The van der Waals surface area contributed by atoms with Gasteiger partial charge in [0.2, 0.25) is 5.91 Å². The number of nitrogen functional groups attached to an aromatic ring is 1. The van der Waals surface area contributed by atoms with Gasteiger partial charge in [-0.1, -0.05) is 6.07 Å². The zero-order chi connectivity index (χ0) is 37.8. The molecule has 1 amide bonds. The van der Waals surface area contributed by atoms with Gasteiger partial charge in [0.1, 0.15) is 41.0 Å². The lowest BCUT2D eigenvalue weighted by molar-refractivity contribution is -0.137. The van der Waals surface area contributed by atoms with E-state index in [0.717, 1.165) is 37.5 Å². The third kappa shape index (κ3) is 5.56. The van der Waals surface area contributed by atoms with E-state index in [1.165, 1.54) is 0 Å². The summed E-state index contributed by atoms with van der Waals surface area (Å²) in [4.78, 5) is 27.7. The zero-order valence-corrected chi connectivity index (χ0v) is 30.1. The van der Waals surface area contributed by atoms with E-state index in [2.05, 4.69) is 9.97 Å². The van der Waals surface area contributed by atoms with Crippen molar-refractivity contribution in [2.24, 2.45) is 5.92 Å². The zero-order valence-electron chi connectivity index (χ0n) is 29.3. The lowest BCUT2D eigenvalue weighted by Gasteiger charge is -2.41. The maximum atomic E-state index is 17.3. The number of hydrogen-bond donors (Lipinski definition) is 1. The standard InChI is InChI=1S/C37H37F6N7O2S/c1-18-35(2,10-12-50(18)33(51)19-5-6-19)48(3)32-22-13-24(37(41,42)43)27(21-7-8-25(39)30-26(21)23(15-44)31(45)53-30)28(40)29(22)46-34(47-32)52-17-36-9-4-11-49(36)16-20(38)14-36/h7-8,13,18-20H,4-6,9-12,14,16-17,45H2,1-3H3. The molecule has 4 unspecified atom stereocenters. The number of aromatic nitrogens is 2. The molecule has 5 heterocycles. The van der Waals surface area contributed by atoms with Crippen molar-refractivity contribution >= 4 is 49.1 Å². The van der Waals surface area contributed by atoms with Gasteiger partial charge in [0.15, 0.2) is 5.82 Å². The van der Waals surface area contributed by atoms with E-state index < -0.39 is 51.7 Å². The Hall–Kier alpha value is -4.36. The number of amides is 1. The molecule has 16 heteroatoms. The van der Waals surface area contributed by atoms with Gasteiger partial charge in [-0.05, 0) is 70.2 Å². The van der Waals surface area contributed by atoms with Crippen LogP contribution in [0.25, 0.3) is 32.1 Å². The molecule has 53 heavy (non-hydrogen) atoms. The molecule has 2 aromatic heterocycles. The minimum Gasteiger partial charge on any atom is -0.461 e. The molecule has 4 fully saturated rings. The SMILES string of the molecule is CC1N(C(=O)C2CC2)CCC1(C)N(C)c1nc(OCC23CCCN2CC(F)C3)nc2c(F)c(-c3ccc(F)c4sc(N)c(C#N)c34)c(C(F)(F)F)cc12. The highest BCUT2D eigenvalue weighted by atomic mass is 32.1. The third-order valence-corrected chi connectivity index (χ3v) is 13.2. The molecule has 0 radical (unpaired) electrons. The number of likely N-dealkylation sites (N-methyl/N-ethyl adjacent to an activating group) is 1. The number of halogens is 6. The molecular weight excluding hydrogens is 721 g/mol. The first-order chi connectivity index (χ1) is 25.1. The van der Waals surface area contributed by atoms with Crippen LogP contribution in [0.2, 0.25) is 0 Å². The van der Waals surface area contributed by atoms with Crippen LogP contribution >= 0.6 is 11.3 Å². The Morgan fingerprint density at radius 1 is 1.21 bits per heavy atom. The molecule has 3 saturated heterocycles. The van der Waals surface area contributed by atoms with Crippen LogP contribution in [0.15, 0.2) is 18.2 Å². The molecule has 1 saturated carbocycles. The normalized spacial score (nSPS) is 26.1. The van der Waals surface area contributed by atoms with Gasteiger partial charge in [0, 0.05) is 48.8 Å². The smallest absolute Gasteiger partial charge is 0.417 e. The summed E-state index contributed by atoms with van der Waals surface area (Å²) in [6.45, 7) is 5.10. The predicted octanol–water partition coefficient (Wildman–Crippen LogP) is 7.44. The van der Waals surface area contributed by atoms with Crippen molar-refractivity contribution < 1.29 is 35.9 Å². The van der Waals surface area contributed by atoms with Crippen molar-refractivity contribution in [1.29, 1.82) is 5.26 Å². The average Bonchev–Trinajstić information content (AvgIpc) is 3.58. The number of carbonyl (C=O) groups is 1. The summed E-state index contributed by atoms with van der Waals surface area (Å²) >= 11 is 0.683. The second-order valence-corrected chi connectivity index (χ2v) is 16.2. The number of likely N-dealkylation sites (tertiary alicyclic amines) is 1. The highest BCUT2D eigenvalue weighted by molar-refractivity contribution is 7.23. The number of nitrogens with two attached hydrogens (primary N) is 1. The van der Waals surface area contributed by atoms with Gasteiger partial charge in [-0.2, -0.15) is 28.4 Å². The van der Waals surface area contributed by atoms with Crippen LogP contribution in [0.3, 0.4) is 0 Å². The van der Waals surface area contributed by atoms with Gasteiger partial charge in [-0.3, -0.25) is 9.69 Å². The Kier molecular flexibility index (Phi) is 8.30. The minimum absolute atomic E-state index is 0.0210. The van der Waals surface area contributed by atoms with E-state index in [-0.39, 0.29) is 80.9 Å². The van der Waals surface area contributed by atoms with Gasteiger partial charge >= 0.3 is 12.2 Å². The summed E-state index contributed by atoms with van der Waals surface area (Å²) in [6.07, 6.45) is -2.39. The quantitative estimate of drug-likeness (QED) is 0.194. The predicted molar refractivity (Wildman–Crippen MR) is 188 cm³/mol. The molecule has 8 rings (SSSR count). The molecule has 4 aromatic rings. The topological polar surface area (TPSA) is 112 Å². The Bertz CT molecular complexity index is 2220. The Labute approximate surface area is 305 Å². The van der Waals surface area contributed by atoms with Crippen LogP contribution in [-0.2, 0) is 11.0 Å². The second kappa shape index (κ2) is 12.3. The molecule has 4 atom stereocenters. The second-order valence-electron chi connectivity index (χ2n) is 15.1. The fourth-order valence-electron chi connectivity index (χ4n) is 8.80. The van der Waals surface area contributed by atoms with E-state index in [9.17, 15) is 18.8 Å². The molecule has 3 aliphatic heterocycles. The van der Waals surface area contributed by atoms with E-state index in [0.29, 0.717) is 37.3 Å². The monoisotopic (exact) mass is 757 g/mol. The summed E-state index contributed by atoms with van der Waals surface area (Å²) in [7, 11) is 1.64. The number of fused-ring (bicyclic) bond motifs is 3.